The van der Waals surface area contributed by atoms with Gasteiger partial charge in [-0.05, 0) is 66.4 Å². The van der Waals surface area contributed by atoms with Crippen LogP contribution in [0.15, 0.2) is 148 Å². The number of allylic oxidation sites excluding steroid dienone is 1. The maximum Gasteiger partial charge on any atom is 0.167 e. The van der Waals surface area contributed by atoms with Gasteiger partial charge in [-0.2, -0.15) is 0 Å². The van der Waals surface area contributed by atoms with Crippen molar-refractivity contribution in [2.24, 2.45) is 0 Å². The Morgan fingerprint density at radius 2 is 1.20 bits per heavy atom. The summed E-state index contributed by atoms with van der Waals surface area (Å²) < 4.78 is 15.5. The van der Waals surface area contributed by atoms with E-state index in [0.29, 0.717) is 17.5 Å². The lowest BCUT2D eigenvalue weighted by atomic mass is 9.95. The molecule has 0 bridgehead atoms. The highest BCUT2D eigenvalue weighted by Crippen LogP contribution is 2.42. The Labute approximate surface area is 296 Å². The number of furan rings is 2. The van der Waals surface area contributed by atoms with E-state index in [4.69, 9.17) is 23.8 Å². The van der Waals surface area contributed by atoms with Gasteiger partial charge in [0.1, 0.15) is 22.5 Å². The third-order valence-corrected chi connectivity index (χ3v) is 11.2. The third-order valence-electron chi connectivity index (χ3n) is 10.0. The molecule has 6 aromatic carbocycles. The minimum absolute atomic E-state index is 0.591. The second-order valence-electron chi connectivity index (χ2n) is 13.0. The molecule has 51 heavy (non-hydrogen) atoms. The SMILES string of the molecule is C1=C(c2nc(-c3ccccc3)nc(-c3cccc4oc5ccc(-c6ccc7sc8ccccc8c7c6)cc5c34)n2)c2oc3ccccc3c2CC1. The zero-order chi connectivity index (χ0) is 33.5. The Balaban J connectivity index is 1.11. The first-order valence-corrected chi connectivity index (χ1v) is 18.0. The van der Waals surface area contributed by atoms with E-state index in [1.807, 2.05) is 65.9 Å². The summed E-state index contributed by atoms with van der Waals surface area (Å²) in [4.78, 5) is 15.4. The van der Waals surface area contributed by atoms with Crippen LogP contribution in [0, 0.1) is 0 Å². The number of rotatable bonds is 4. The zero-order valence-electron chi connectivity index (χ0n) is 27.3. The van der Waals surface area contributed by atoms with Gasteiger partial charge in [-0.3, -0.25) is 0 Å². The summed E-state index contributed by atoms with van der Waals surface area (Å²) in [7, 11) is 0. The molecule has 4 aromatic heterocycles. The number of aromatic nitrogens is 3. The highest BCUT2D eigenvalue weighted by atomic mass is 32.1. The molecule has 0 spiro atoms. The molecule has 0 aliphatic heterocycles. The van der Waals surface area contributed by atoms with Crippen molar-refractivity contribution in [2.75, 3.05) is 0 Å². The van der Waals surface area contributed by atoms with Crippen molar-refractivity contribution in [1.82, 2.24) is 15.0 Å². The first-order valence-electron chi connectivity index (χ1n) is 17.2. The second-order valence-corrected chi connectivity index (χ2v) is 14.1. The van der Waals surface area contributed by atoms with Gasteiger partial charge in [-0.25, -0.2) is 15.0 Å². The number of hydrogen-bond donors (Lipinski definition) is 0. The van der Waals surface area contributed by atoms with E-state index >= 15 is 0 Å². The Hall–Kier alpha value is -6.37. The lowest BCUT2D eigenvalue weighted by Crippen LogP contribution is -2.06. The van der Waals surface area contributed by atoms with Gasteiger partial charge in [0.25, 0.3) is 0 Å². The normalized spacial score (nSPS) is 13.1. The van der Waals surface area contributed by atoms with E-state index in [1.54, 1.807) is 0 Å². The molecule has 240 valence electrons. The molecular weight excluding hydrogens is 647 g/mol. The molecule has 4 heterocycles. The van der Waals surface area contributed by atoms with Gasteiger partial charge in [0.15, 0.2) is 17.5 Å². The van der Waals surface area contributed by atoms with Crippen LogP contribution in [0.4, 0.5) is 0 Å². The van der Waals surface area contributed by atoms with Crippen molar-refractivity contribution in [3.63, 3.8) is 0 Å². The van der Waals surface area contributed by atoms with E-state index in [2.05, 4.69) is 84.9 Å². The van der Waals surface area contributed by atoms with Gasteiger partial charge in [0.05, 0.1) is 5.57 Å². The lowest BCUT2D eigenvalue weighted by molar-refractivity contribution is 0.590. The molecule has 10 aromatic rings. The second kappa shape index (κ2) is 11.1. The van der Waals surface area contributed by atoms with E-state index in [9.17, 15) is 0 Å². The summed E-state index contributed by atoms with van der Waals surface area (Å²) in [6, 6.07) is 46.3. The average molecular weight is 674 g/mol. The van der Waals surface area contributed by atoms with Crippen LogP contribution < -0.4 is 0 Å². The standard InChI is InChI=1S/C45H27N3O2S/c1-2-10-26(11-3-1)43-46-44(48-45(47-43)33-16-8-14-31-29-12-4-6-17-36(29)50-42(31)33)32-15-9-18-38-41(32)35-25-27(20-22-37(35)49-38)28-21-23-40-34(24-28)30-13-5-7-19-39(30)51-40/h1-7,9-13,15-25H,8,14H2. The van der Waals surface area contributed by atoms with Crippen molar-refractivity contribution in [3.8, 4) is 33.9 Å². The number of aryl methyl sites for hydroxylation is 1. The fraction of sp³-hybridized carbons (Fsp3) is 0.0444. The molecule has 0 amide bonds. The number of nitrogens with zero attached hydrogens (tertiary/aromatic N) is 3. The van der Waals surface area contributed by atoms with Gasteiger partial charge in [-0.15, -0.1) is 11.3 Å². The molecule has 0 saturated heterocycles. The quantitative estimate of drug-likeness (QED) is 0.186. The molecule has 5 nitrogen and oxygen atoms in total. The highest BCUT2D eigenvalue weighted by molar-refractivity contribution is 7.25. The summed E-state index contributed by atoms with van der Waals surface area (Å²) >= 11 is 1.84. The molecule has 0 saturated carbocycles. The monoisotopic (exact) mass is 673 g/mol. The Bertz CT molecular complexity index is 3040. The number of fused-ring (bicyclic) bond motifs is 9. The average Bonchev–Trinajstić information content (AvgIpc) is 3.88. The van der Waals surface area contributed by atoms with Crippen molar-refractivity contribution in [1.29, 1.82) is 0 Å². The third kappa shape index (κ3) is 4.50. The van der Waals surface area contributed by atoms with Crippen LogP contribution in [-0.4, -0.2) is 15.0 Å². The van der Waals surface area contributed by atoms with E-state index < -0.39 is 0 Å². The van der Waals surface area contributed by atoms with Crippen LogP contribution in [0.1, 0.15) is 23.6 Å². The Morgan fingerprint density at radius 3 is 2.12 bits per heavy atom. The smallest absolute Gasteiger partial charge is 0.167 e. The first-order chi connectivity index (χ1) is 25.2. The molecule has 0 N–H and O–H groups in total. The van der Waals surface area contributed by atoms with Crippen molar-refractivity contribution in [3.05, 3.63) is 157 Å². The van der Waals surface area contributed by atoms with Crippen LogP contribution in [-0.2, 0) is 6.42 Å². The number of para-hydroxylation sites is 1. The Morgan fingerprint density at radius 1 is 0.490 bits per heavy atom. The van der Waals surface area contributed by atoms with E-state index in [-0.39, 0.29) is 0 Å². The largest absolute Gasteiger partial charge is 0.456 e. The van der Waals surface area contributed by atoms with Crippen molar-refractivity contribution >= 4 is 70.0 Å². The lowest BCUT2D eigenvalue weighted by Gasteiger charge is -2.14. The molecule has 1 aliphatic rings. The summed E-state index contributed by atoms with van der Waals surface area (Å²) in [6.07, 6.45) is 4.00. The molecule has 0 radical (unpaired) electrons. The summed E-state index contributed by atoms with van der Waals surface area (Å²) in [5, 5.41) is 5.72. The predicted octanol–water partition coefficient (Wildman–Crippen LogP) is 12.3. The number of hydrogen-bond acceptors (Lipinski definition) is 6. The van der Waals surface area contributed by atoms with Crippen LogP contribution in [0.3, 0.4) is 0 Å². The number of thiophene rings is 1. The van der Waals surface area contributed by atoms with Crippen LogP contribution in [0.5, 0.6) is 0 Å². The molecule has 6 heteroatoms. The maximum atomic E-state index is 6.48. The van der Waals surface area contributed by atoms with Gasteiger partial charge in [0, 0.05) is 53.0 Å². The molecule has 0 fully saturated rings. The summed E-state index contributed by atoms with van der Waals surface area (Å²) in [5.74, 6) is 2.64. The van der Waals surface area contributed by atoms with Crippen LogP contribution >= 0.6 is 11.3 Å². The maximum absolute atomic E-state index is 6.48. The van der Waals surface area contributed by atoms with Gasteiger partial charge in [0.2, 0.25) is 0 Å². The molecule has 11 rings (SSSR count). The molecule has 0 unspecified atom stereocenters. The van der Waals surface area contributed by atoms with E-state index in [0.717, 1.165) is 73.8 Å². The molecular formula is C45H27N3O2S. The minimum Gasteiger partial charge on any atom is -0.456 e. The molecule has 1 aliphatic carbocycles. The van der Waals surface area contributed by atoms with Gasteiger partial charge in [-0.1, -0.05) is 97.1 Å². The van der Waals surface area contributed by atoms with Crippen LogP contribution in [0.25, 0.3) is 92.6 Å². The summed E-state index contributed by atoms with van der Waals surface area (Å²) in [5.41, 5.74) is 8.71. The minimum atomic E-state index is 0.591. The topological polar surface area (TPSA) is 65.0 Å². The van der Waals surface area contributed by atoms with Crippen molar-refractivity contribution < 1.29 is 8.83 Å². The van der Waals surface area contributed by atoms with Gasteiger partial charge >= 0.3 is 0 Å². The fourth-order valence-corrected chi connectivity index (χ4v) is 8.73. The number of benzene rings is 6. The zero-order valence-corrected chi connectivity index (χ0v) is 28.1. The molecule has 0 atom stereocenters. The van der Waals surface area contributed by atoms with E-state index in [1.165, 1.54) is 31.3 Å². The summed E-state index contributed by atoms with van der Waals surface area (Å²) in [6.45, 7) is 0. The highest BCUT2D eigenvalue weighted by Gasteiger charge is 2.26. The van der Waals surface area contributed by atoms with Gasteiger partial charge < -0.3 is 8.83 Å². The first kappa shape index (κ1) is 28.5. The predicted molar refractivity (Wildman–Crippen MR) is 208 cm³/mol. The van der Waals surface area contributed by atoms with Crippen molar-refractivity contribution in [2.45, 2.75) is 12.8 Å². The fourth-order valence-electron chi connectivity index (χ4n) is 7.64. The Kier molecular flexibility index (Phi) is 6.18. The van der Waals surface area contributed by atoms with Crippen LogP contribution in [0.2, 0.25) is 0 Å².